The van der Waals surface area contributed by atoms with E-state index in [4.69, 9.17) is 9.47 Å². The summed E-state index contributed by atoms with van der Waals surface area (Å²) < 4.78 is 12.2. The van der Waals surface area contributed by atoms with Crippen LogP contribution in [-0.2, 0) is 16.0 Å². The summed E-state index contributed by atoms with van der Waals surface area (Å²) in [6.07, 6.45) is 7.26. The molecule has 2 saturated carbocycles. The molecule has 2 aliphatic carbocycles. The maximum Gasteiger partial charge on any atom is 0.251 e. The zero-order valence-corrected chi connectivity index (χ0v) is 16.8. The smallest absolute Gasteiger partial charge is 0.251 e. The van der Waals surface area contributed by atoms with E-state index >= 15 is 0 Å². The summed E-state index contributed by atoms with van der Waals surface area (Å²) >= 11 is 1.34. The lowest BCUT2D eigenvalue weighted by atomic mass is 9.94. The summed E-state index contributed by atoms with van der Waals surface area (Å²) in [5.74, 6) is 0.881. The van der Waals surface area contributed by atoms with Gasteiger partial charge in [0.2, 0.25) is 11.8 Å². The molecule has 1 aromatic heterocycles. The van der Waals surface area contributed by atoms with E-state index in [0.717, 1.165) is 44.3 Å². The van der Waals surface area contributed by atoms with Crippen LogP contribution >= 0.6 is 11.3 Å². The zero-order valence-electron chi connectivity index (χ0n) is 16.0. The number of aromatic nitrogens is 1. The van der Waals surface area contributed by atoms with Crippen molar-refractivity contribution in [3.63, 3.8) is 0 Å². The first kappa shape index (κ1) is 18.4. The van der Waals surface area contributed by atoms with Crippen molar-refractivity contribution in [1.82, 2.24) is 4.98 Å². The van der Waals surface area contributed by atoms with Gasteiger partial charge in [-0.1, -0.05) is 6.42 Å². The molecule has 0 atom stereocenters. The highest BCUT2D eigenvalue weighted by molar-refractivity contribution is 7.13. The van der Waals surface area contributed by atoms with E-state index in [1.165, 1.54) is 17.8 Å². The third kappa shape index (κ3) is 4.07. The predicted molar refractivity (Wildman–Crippen MR) is 109 cm³/mol. The summed E-state index contributed by atoms with van der Waals surface area (Å²) in [6.45, 7) is 0. The maximum absolute atomic E-state index is 12.4. The maximum atomic E-state index is 12.4. The normalized spacial score (nSPS) is 19.2. The van der Waals surface area contributed by atoms with Gasteiger partial charge in [0.1, 0.15) is 0 Å². The number of rotatable bonds is 5. The number of ether oxygens (including phenoxy) is 2. The van der Waals surface area contributed by atoms with Crippen LogP contribution in [-0.4, -0.2) is 22.6 Å². The molecule has 5 rings (SSSR count). The molecular formula is C21H23N3O4S. The number of hydrogen-bond acceptors (Lipinski definition) is 6. The third-order valence-corrected chi connectivity index (χ3v) is 6.31. The van der Waals surface area contributed by atoms with Crippen molar-refractivity contribution in [3.05, 3.63) is 29.3 Å². The molecule has 7 nitrogen and oxygen atoms in total. The van der Waals surface area contributed by atoms with Crippen molar-refractivity contribution < 1.29 is 19.1 Å². The van der Waals surface area contributed by atoms with Gasteiger partial charge in [0.25, 0.3) is 5.79 Å². The SMILES string of the molecule is O=C(Cc1csc(NC(=O)C2CC2)n1)Nc1ccc2c(c1)OC1(CCCCC1)O2. The fourth-order valence-corrected chi connectivity index (χ4v) is 4.55. The van der Waals surface area contributed by atoms with Crippen LogP contribution < -0.4 is 20.1 Å². The van der Waals surface area contributed by atoms with Gasteiger partial charge in [-0.3, -0.25) is 9.59 Å². The molecule has 29 heavy (non-hydrogen) atoms. The van der Waals surface area contributed by atoms with Crippen molar-refractivity contribution in [1.29, 1.82) is 0 Å². The van der Waals surface area contributed by atoms with Crippen LogP contribution in [0.5, 0.6) is 11.5 Å². The summed E-state index contributed by atoms with van der Waals surface area (Å²) in [6, 6.07) is 5.49. The largest absolute Gasteiger partial charge is 0.448 e. The molecule has 0 unspecified atom stereocenters. The molecule has 1 aromatic carbocycles. The van der Waals surface area contributed by atoms with Crippen molar-refractivity contribution >= 4 is 34.0 Å². The summed E-state index contributed by atoms with van der Waals surface area (Å²) in [7, 11) is 0. The Morgan fingerprint density at radius 2 is 1.90 bits per heavy atom. The zero-order chi connectivity index (χ0) is 19.8. The van der Waals surface area contributed by atoms with E-state index < -0.39 is 5.79 Å². The lowest BCUT2D eigenvalue weighted by Gasteiger charge is -2.31. The van der Waals surface area contributed by atoms with E-state index in [1.54, 1.807) is 5.38 Å². The standard InChI is InChI=1S/C21H23N3O4S/c25-18(11-15-12-29-20(23-15)24-19(26)13-4-5-13)22-14-6-7-16-17(10-14)28-21(27-16)8-2-1-3-9-21/h6-7,10,12-13H,1-5,8-9,11H2,(H,22,25)(H,23,24,26). The second-order valence-corrected chi connectivity index (χ2v) is 8.83. The topological polar surface area (TPSA) is 89.6 Å². The highest BCUT2D eigenvalue weighted by atomic mass is 32.1. The van der Waals surface area contributed by atoms with E-state index in [9.17, 15) is 9.59 Å². The Morgan fingerprint density at radius 1 is 1.10 bits per heavy atom. The van der Waals surface area contributed by atoms with E-state index in [-0.39, 0.29) is 24.2 Å². The number of amides is 2. The molecule has 0 saturated heterocycles. The van der Waals surface area contributed by atoms with E-state index in [2.05, 4.69) is 15.6 Å². The lowest BCUT2D eigenvalue weighted by Crippen LogP contribution is -2.40. The Bertz CT molecular complexity index is 947. The molecule has 2 amide bonds. The quantitative estimate of drug-likeness (QED) is 0.770. The molecule has 152 valence electrons. The molecule has 2 fully saturated rings. The number of nitrogens with one attached hydrogen (secondary N) is 2. The molecule has 0 bridgehead atoms. The van der Waals surface area contributed by atoms with Gasteiger partial charge in [-0.2, -0.15) is 0 Å². The number of fused-ring (bicyclic) bond motifs is 1. The molecule has 3 aliphatic rings. The number of benzene rings is 1. The van der Waals surface area contributed by atoms with Gasteiger partial charge in [0.05, 0.1) is 12.1 Å². The number of carbonyl (C=O) groups excluding carboxylic acids is 2. The van der Waals surface area contributed by atoms with Crippen LogP contribution in [0.3, 0.4) is 0 Å². The predicted octanol–water partition coefficient (Wildman–Crippen LogP) is 4.10. The van der Waals surface area contributed by atoms with E-state index in [0.29, 0.717) is 22.3 Å². The molecule has 2 aromatic rings. The van der Waals surface area contributed by atoms with Crippen molar-refractivity contribution in [2.24, 2.45) is 5.92 Å². The van der Waals surface area contributed by atoms with Crippen LogP contribution in [0.25, 0.3) is 0 Å². The van der Waals surface area contributed by atoms with Crippen LogP contribution in [0.15, 0.2) is 23.6 Å². The number of anilines is 2. The van der Waals surface area contributed by atoms with Gasteiger partial charge in [0, 0.05) is 35.9 Å². The average molecular weight is 413 g/mol. The second-order valence-electron chi connectivity index (χ2n) is 7.97. The highest BCUT2D eigenvalue weighted by Crippen LogP contribution is 2.46. The first-order chi connectivity index (χ1) is 14.1. The molecule has 2 N–H and O–H groups in total. The lowest BCUT2D eigenvalue weighted by molar-refractivity contribution is -0.117. The minimum absolute atomic E-state index is 0.0199. The Labute approximate surface area is 172 Å². The fourth-order valence-electron chi connectivity index (χ4n) is 3.83. The first-order valence-corrected chi connectivity index (χ1v) is 11.0. The average Bonchev–Trinajstić information content (AvgIpc) is 3.38. The van der Waals surface area contributed by atoms with Crippen LogP contribution in [0, 0.1) is 5.92 Å². The number of hydrogen-bond donors (Lipinski definition) is 2. The van der Waals surface area contributed by atoms with Gasteiger partial charge in [-0.25, -0.2) is 4.98 Å². The van der Waals surface area contributed by atoms with Crippen LogP contribution in [0.2, 0.25) is 0 Å². The Balaban J connectivity index is 1.18. The fraction of sp³-hybridized carbons (Fsp3) is 0.476. The summed E-state index contributed by atoms with van der Waals surface area (Å²) in [5.41, 5.74) is 1.31. The highest BCUT2D eigenvalue weighted by Gasteiger charge is 2.42. The van der Waals surface area contributed by atoms with Crippen LogP contribution in [0.1, 0.15) is 50.6 Å². The van der Waals surface area contributed by atoms with Crippen molar-refractivity contribution in [2.75, 3.05) is 10.6 Å². The molecule has 2 heterocycles. The number of nitrogens with zero attached hydrogens (tertiary/aromatic N) is 1. The van der Waals surface area contributed by atoms with Gasteiger partial charge in [-0.05, 0) is 37.8 Å². The summed E-state index contributed by atoms with van der Waals surface area (Å²) in [4.78, 5) is 28.6. The van der Waals surface area contributed by atoms with Gasteiger partial charge < -0.3 is 20.1 Å². The summed E-state index contributed by atoms with van der Waals surface area (Å²) in [5, 5.41) is 8.05. The molecule has 8 heteroatoms. The third-order valence-electron chi connectivity index (χ3n) is 5.51. The molecular weight excluding hydrogens is 390 g/mol. The van der Waals surface area contributed by atoms with Gasteiger partial charge in [-0.15, -0.1) is 11.3 Å². The molecule has 0 radical (unpaired) electrons. The van der Waals surface area contributed by atoms with Crippen LogP contribution in [0.4, 0.5) is 10.8 Å². The molecule has 1 aliphatic heterocycles. The monoisotopic (exact) mass is 413 g/mol. The molecule has 1 spiro atoms. The van der Waals surface area contributed by atoms with Gasteiger partial charge >= 0.3 is 0 Å². The van der Waals surface area contributed by atoms with E-state index in [1.807, 2.05) is 18.2 Å². The second kappa shape index (κ2) is 7.33. The Morgan fingerprint density at radius 3 is 2.69 bits per heavy atom. The first-order valence-electron chi connectivity index (χ1n) is 10.2. The van der Waals surface area contributed by atoms with Crippen molar-refractivity contribution in [3.8, 4) is 11.5 Å². The Kier molecular flexibility index (Phi) is 4.66. The van der Waals surface area contributed by atoms with Crippen molar-refractivity contribution in [2.45, 2.75) is 57.2 Å². The number of thiazole rings is 1. The minimum atomic E-state index is -0.523. The number of carbonyl (C=O) groups is 2. The Hall–Kier alpha value is -2.61. The minimum Gasteiger partial charge on any atom is -0.448 e. The van der Waals surface area contributed by atoms with Gasteiger partial charge in [0.15, 0.2) is 16.6 Å².